The second-order valence-electron chi connectivity index (χ2n) is 2.63. The molecule has 0 atom stereocenters. The van der Waals surface area contributed by atoms with Crippen molar-refractivity contribution >= 4 is 0 Å². The van der Waals surface area contributed by atoms with Crippen LogP contribution in [-0.2, 0) is 0 Å². The van der Waals surface area contributed by atoms with Gasteiger partial charge in [-0.05, 0) is 32.5 Å². The van der Waals surface area contributed by atoms with Gasteiger partial charge in [0.1, 0.15) is 0 Å². The Hall–Kier alpha value is -0.0126. The molecule has 0 spiro atoms. The van der Waals surface area contributed by atoms with Gasteiger partial charge in [0.15, 0.2) is 0 Å². The van der Waals surface area contributed by atoms with E-state index in [4.69, 9.17) is 0 Å². The fourth-order valence-electron chi connectivity index (χ4n) is 1.07. The SMILES string of the molecule is [CH2-]C#CCN(CCC)CCC.[Li+]. The topological polar surface area (TPSA) is 3.24 Å². The van der Waals surface area contributed by atoms with Crippen molar-refractivity contribution in [1.82, 2.24) is 4.90 Å². The van der Waals surface area contributed by atoms with Crippen LogP contribution in [0.15, 0.2) is 0 Å². The Morgan fingerprint density at radius 3 is 2.00 bits per heavy atom. The molecule has 0 amide bonds. The quantitative estimate of drug-likeness (QED) is 0.281. The predicted octanol–water partition coefficient (Wildman–Crippen LogP) is -1.05. The predicted molar refractivity (Wildman–Crippen MR) is 50.2 cm³/mol. The molecular formula is C10H18LiN. The molecule has 0 N–H and O–H groups in total. The van der Waals surface area contributed by atoms with E-state index in [0.29, 0.717) is 0 Å². The Balaban J connectivity index is 0. The minimum atomic E-state index is 0. The van der Waals surface area contributed by atoms with Crippen molar-refractivity contribution in [2.24, 2.45) is 0 Å². The van der Waals surface area contributed by atoms with Crippen LogP contribution in [0.2, 0.25) is 0 Å². The summed E-state index contributed by atoms with van der Waals surface area (Å²) in [5.41, 5.74) is 0. The smallest absolute Gasteiger partial charge is 0.313 e. The molecule has 12 heavy (non-hydrogen) atoms. The summed E-state index contributed by atoms with van der Waals surface area (Å²) in [6.07, 6.45) is 2.41. The number of hydrogen-bond acceptors (Lipinski definition) is 1. The van der Waals surface area contributed by atoms with Gasteiger partial charge in [-0.25, -0.2) is 0 Å². The van der Waals surface area contributed by atoms with Gasteiger partial charge in [0.2, 0.25) is 0 Å². The molecule has 0 aromatic heterocycles. The van der Waals surface area contributed by atoms with E-state index in [2.05, 4.69) is 37.5 Å². The molecule has 0 saturated heterocycles. The van der Waals surface area contributed by atoms with E-state index in [1.165, 1.54) is 12.8 Å². The van der Waals surface area contributed by atoms with Gasteiger partial charge in [-0.2, -0.15) is 6.92 Å². The van der Waals surface area contributed by atoms with Crippen LogP contribution < -0.4 is 18.9 Å². The summed E-state index contributed by atoms with van der Waals surface area (Å²) in [6, 6.07) is 0. The van der Waals surface area contributed by atoms with Gasteiger partial charge in [-0.15, -0.1) is 0 Å². The van der Waals surface area contributed by atoms with Gasteiger partial charge in [0.05, 0.1) is 0 Å². The Morgan fingerprint density at radius 1 is 1.17 bits per heavy atom. The fraction of sp³-hybridized carbons (Fsp3) is 0.700. The van der Waals surface area contributed by atoms with Crippen molar-refractivity contribution < 1.29 is 18.9 Å². The molecule has 0 aliphatic rings. The van der Waals surface area contributed by atoms with Crippen LogP contribution in [0, 0.1) is 18.8 Å². The zero-order chi connectivity index (χ0) is 8.53. The maximum atomic E-state index is 3.49. The Labute approximate surface area is 89.1 Å². The average Bonchev–Trinajstić information content (AvgIpc) is 2.01. The van der Waals surface area contributed by atoms with Crippen molar-refractivity contribution in [3.8, 4) is 11.8 Å². The van der Waals surface area contributed by atoms with E-state index in [9.17, 15) is 0 Å². The van der Waals surface area contributed by atoms with Crippen molar-refractivity contribution in [3.63, 3.8) is 0 Å². The summed E-state index contributed by atoms with van der Waals surface area (Å²) in [4.78, 5) is 2.36. The maximum absolute atomic E-state index is 3.49. The molecular weight excluding hydrogens is 141 g/mol. The minimum Gasteiger partial charge on any atom is -0.313 e. The number of hydrogen-bond donors (Lipinski definition) is 0. The zero-order valence-electron chi connectivity index (χ0n) is 8.69. The van der Waals surface area contributed by atoms with Gasteiger partial charge in [-0.3, -0.25) is 5.92 Å². The van der Waals surface area contributed by atoms with E-state index in [-0.39, 0.29) is 18.9 Å². The van der Waals surface area contributed by atoms with E-state index >= 15 is 0 Å². The first kappa shape index (κ1) is 14.5. The average molecular weight is 159 g/mol. The molecule has 64 valence electrons. The molecule has 0 aliphatic heterocycles. The molecule has 0 aromatic carbocycles. The van der Waals surface area contributed by atoms with E-state index < -0.39 is 0 Å². The van der Waals surface area contributed by atoms with Crippen LogP contribution in [0.4, 0.5) is 0 Å². The van der Waals surface area contributed by atoms with Gasteiger partial charge in [0, 0.05) is 0 Å². The van der Waals surface area contributed by atoms with Crippen LogP contribution in [0.3, 0.4) is 0 Å². The molecule has 0 aliphatic carbocycles. The molecule has 0 rings (SSSR count). The largest absolute Gasteiger partial charge is 1.00 e. The molecule has 0 heterocycles. The van der Waals surface area contributed by atoms with Gasteiger partial charge < -0.3 is 10.8 Å². The number of rotatable bonds is 5. The van der Waals surface area contributed by atoms with Crippen molar-refractivity contribution in [2.45, 2.75) is 26.7 Å². The zero-order valence-corrected chi connectivity index (χ0v) is 8.69. The summed E-state index contributed by atoms with van der Waals surface area (Å²) in [5.74, 6) is 5.66. The second kappa shape index (κ2) is 11.0. The normalized spacial score (nSPS) is 8.58. The third-order valence-electron chi connectivity index (χ3n) is 1.51. The van der Waals surface area contributed by atoms with Crippen LogP contribution in [-0.4, -0.2) is 24.5 Å². The van der Waals surface area contributed by atoms with E-state index in [0.717, 1.165) is 19.6 Å². The molecule has 0 fully saturated rings. The van der Waals surface area contributed by atoms with Gasteiger partial charge >= 0.3 is 18.9 Å². The van der Waals surface area contributed by atoms with Crippen LogP contribution in [0.25, 0.3) is 0 Å². The first-order valence-electron chi connectivity index (χ1n) is 4.32. The standard InChI is InChI=1S/C10H18N.Li/c1-4-7-10-11(8-5-2)9-6-3;/h1,5-6,8-10H2,2-3H3;/q-1;+1. The molecule has 0 saturated carbocycles. The maximum Gasteiger partial charge on any atom is 1.00 e. The summed E-state index contributed by atoms with van der Waals surface area (Å²) < 4.78 is 0. The second-order valence-corrected chi connectivity index (χ2v) is 2.63. The van der Waals surface area contributed by atoms with Crippen LogP contribution >= 0.6 is 0 Å². The Bertz CT molecular complexity index is 129. The van der Waals surface area contributed by atoms with E-state index in [1.54, 1.807) is 0 Å². The molecule has 0 aromatic rings. The third kappa shape index (κ3) is 8.09. The summed E-state index contributed by atoms with van der Waals surface area (Å²) >= 11 is 0. The molecule has 0 radical (unpaired) electrons. The van der Waals surface area contributed by atoms with Crippen molar-refractivity contribution in [1.29, 1.82) is 0 Å². The monoisotopic (exact) mass is 159 g/mol. The molecule has 0 bridgehead atoms. The Kier molecular flexibility index (Phi) is 13.3. The first-order valence-corrected chi connectivity index (χ1v) is 4.32. The summed E-state index contributed by atoms with van der Waals surface area (Å²) in [6.45, 7) is 11.1. The summed E-state index contributed by atoms with van der Waals surface area (Å²) in [5, 5.41) is 0. The van der Waals surface area contributed by atoms with Gasteiger partial charge in [-0.1, -0.05) is 13.8 Å². The first-order chi connectivity index (χ1) is 5.35. The van der Waals surface area contributed by atoms with Crippen molar-refractivity contribution in [2.75, 3.05) is 19.6 Å². The van der Waals surface area contributed by atoms with Crippen LogP contribution in [0.5, 0.6) is 0 Å². The Morgan fingerprint density at radius 2 is 1.67 bits per heavy atom. The fourth-order valence-corrected chi connectivity index (χ4v) is 1.07. The molecule has 2 heteroatoms. The summed E-state index contributed by atoms with van der Waals surface area (Å²) in [7, 11) is 0. The number of nitrogens with zero attached hydrogens (tertiary/aromatic N) is 1. The minimum absolute atomic E-state index is 0. The molecule has 1 nitrogen and oxygen atoms in total. The van der Waals surface area contributed by atoms with Crippen LogP contribution in [0.1, 0.15) is 26.7 Å². The molecule has 0 unspecified atom stereocenters. The van der Waals surface area contributed by atoms with E-state index in [1.807, 2.05) is 0 Å². The van der Waals surface area contributed by atoms with Crippen molar-refractivity contribution in [3.05, 3.63) is 6.92 Å². The third-order valence-corrected chi connectivity index (χ3v) is 1.51. The van der Waals surface area contributed by atoms with Gasteiger partial charge in [0.25, 0.3) is 0 Å².